The molecule has 0 saturated carbocycles. The molecule has 2 aliphatic heterocycles. The third kappa shape index (κ3) is 5.62. The summed E-state index contributed by atoms with van der Waals surface area (Å²) in [5.74, 6) is 2.41. The topological polar surface area (TPSA) is 82.6 Å². The third-order valence-electron chi connectivity index (χ3n) is 6.12. The van der Waals surface area contributed by atoms with Crippen molar-refractivity contribution in [3.63, 3.8) is 0 Å². The molecule has 1 aromatic heterocycles. The van der Waals surface area contributed by atoms with Gasteiger partial charge in [-0.15, -0.1) is 0 Å². The monoisotopic (exact) mass is 452 g/mol. The van der Waals surface area contributed by atoms with Gasteiger partial charge < -0.3 is 20.3 Å². The average molecular weight is 453 g/mol. The van der Waals surface area contributed by atoms with Gasteiger partial charge in [-0.25, -0.2) is 14.8 Å². The molecule has 8 nitrogen and oxygen atoms in total. The zero-order chi connectivity index (χ0) is 23.4. The number of ether oxygens (including phenoxy) is 1. The van der Waals surface area contributed by atoms with E-state index >= 15 is 0 Å². The number of nitrogens with zero attached hydrogens (tertiary/aromatic N) is 4. The van der Waals surface area contributed by atoms with Gasteiger partial charge in [0.05, 0.1) is 24.9 Å². The number of carbonyl (C=O) groups excluding carboxylic acids is 1. The number of fused-ring (bicyclic) bond motifs is 1. The summed E-state index contributed by atoms with van der Waals surface area (Å²) in [4.78, 5) is 26.8. The second-order valence-electron chi connectivity index (χ2n) is 9.35. The minimum atomic E-state index is -0.205. The number of urea groups is 1. The highest BCUT2D eigenvalue weighted by atomic mass is 16.5. The van der Waals surface area contributed by atoms with Crippen molar-refractivity contribution in [1.29, 1.82) is 0 Å². The summed E-state index contributed by atoms with van der Waals surface area (Å²) in [5, 5.41) is 5.59. The maximum Gasteiger partial charge on any atom is 0.319 e. The number of anilines is 2. The summed E-state index contributed by atoms with van der Waals surface area (Å²) >= 11 is 0. The van der Waals surface area contributed by atoms with Crippen molar-refractivity contribution in [1.82, 2.24) is 20.2 Å². The van der Waals surface area contributed by atoms with Crippen molar-refractivity contribution in [3.05, 3.63) is 35.5 Å². The van der Waals surface area contributed by atoms with E-state index in [9.17, 15) is 4.79 Å². The van der Waals surface area contributed by atoms with Crippen LogP contribution < -0.4 is 15.5 Å². The Balaban J connectivity index is 1.66. The van der Waals surface area contributed by atoms with Gasteiger partial charge in [0, 0.05) is 49.5 Å². The van der Waals surface area contributed by atoms with Crippen LogP contribution in [-0.4, -0.2) is 66.3 Å². The van der Waals surface area contributed by atoms with Gasteiger partial charge in [0.25, 0.3) is 0 Å². The van der Waals surface area contributed by atoms with Crippen molar-refractivity contribution < 1.29 is 9.53 Å². The lowest BCUT2D eigenvalue weighted by molar-refractivity contribution is 0.0983. The van der Waals surface area contributed by atoms with Crippen molar-refractivity contribution in [2.24, 2.45) is 5.92 Å². The second kappa shape index (κ2) is 10.5. The molecule has 8 heteroatoms. The predicted molar refractivity (Wildman–Crippen MR) is 132 cm³/mol. The number of rotatable bonds is 6. The molecule has 2 amide bonds. The zero-order valence-electron chi connectivity index (χ0n) is 20.2. The normalized spacial score (nSPS) is 18.8. The number of nitrogens with one attached hydrogen (secondary N) is 2. The van der Waals surface area contributed by atoms with Crippen molar-refractivity contribution in [3.8, 4) is 11.4 Å². The number of aromatic nitrogens is 2. The Bertz CT molecular complexity index is 962. The first-order valence-corrected chi connectivity index (χ1v) is 12.1. The smallest absolute Gasteiger partial charge is 0.319 e. The molecule has 33 heavy (non-hydrogen) atoms. The molecule has 178 valence electrons. The molecule has 2 aliphatic rings. The fraction of sp³-hybridized carbons (Fsp3) is 0.560. The van der Waals surface area contributed by atoms with Gasteiger partial charge in [0.15, 0.2) is 5.82 Å². The van der Waals surface area contributed by atoms with Crippen molar-refractivity contribution in [2.45, 2.75) is 46.7 Å². The van der Waals surface area contributed by atoms with Gasteiger partial charge in [-0.1, -0.05) is 13.8 Å². The molecular weight excluding hydrogens is 416 g/mol. The molecule has 0 spiro atoms. The predicted octanol–water partition coefficient (Wildman–Crippen LogP) is 3.52. The highest BCUT2D eigenvalue weighted by Gasteiger charge is 2.29. The van der Waals surface area contributed by atoms with E-state index in [0.717, 1.165) is 67.8 Å². The largest absolute Gasteiger partial charge is 0.377 e. The Morgan fingerprint density at radius 1 is 1.21 bits per heavy atom. The molecule has 0 radical (unpaired) electrons. The number of hydrogen-bond acceptors (Lipinski definition) is 6. The summed E-state index contributed by atoms with van der Waals surface area (Å²) in [6.45, 7) is 14.4. The van der Waals surface area contributed by atoms with Crippen LogP contribution in [0.4, 0.5) is 16.3 Å². The Hall–Kier alpha value is -2.71. The number of hydrogen-bond donors (Lipinski definition) is 2. The van der Waals surface area contributed by atoms with E-state index in [1.54, 1.807) is 0 Å². The van der Waals surface area contributed by atoms with Gasteiger partial charge in [-0.2, -0.15) is 0 Å². The third-order valence-corrected chi connectivity index (χ3v) is 6.12. The average Bonchev–Trinajstić information content (AvgIpc) is 2.79. The van der Waals surface area contributed by atoms with Crippen LogP contribution in [0.1, 0.15) is 39.0 Å². The number of benzene rings is 1. The zero-order valence-corrected chi connectivity index (χ0v) is 20.2. The molecular formula is C25H36N6O2. The molecule has 0 bridgehead atoms. The summed E-state index contributed by atoms with van der Waals surface area (Å²) in [6, 6.07) is 7.83. The van der Waals surface area contributed by atoms with Crippen LogP contribution in [0, 0.1) is 5.92 Å². The van der Waals surface area contributed by atoms with Crippen LogP contribution in [0.5, 0.6) is 0 Å². The molecule has 2 aromatic rings. The molecule has 1 fully saturated rings. The fourth-order valence-electron chi connectivity index (χ4n) is 4.58. The van der Waals surface area contributed by atoms with E-state index in [-0.39, 0.29) is 12.1 Å². The summed E-state index contributed by atoms with van der Waals surface area (Å²) in [6.07, 6.45) is 0.969. The number of carbonyl (C=O) groups is 1. The molecule has 1 atom stereocenters. The van der Waals surface area contributed by atoms with Gasteiger partial charge in [-0.05, 0) is 50.5 Å². The van der Waals surface area contributed by atoms with Gasteiger partial charge in [-0.3, -0.25) is 4.90 Å². The maximum absolute atomic E-state index is 11.8. The second-order valence-corrected chi connectivity index (χ2v) is 9.35. The Kier molecular flexibility index (Phi) is 7.45. The van der Waals surface area contributed by atoms with Crippen LogP contribution in [0.25, 0.3) is 11.4 Å². The molecule has 4 rings (SSSR count). The molecule has 1 aromatic carbocycles. The first kappa shape index (κ1) is 23.4. The lowest BCUT2D eigenvalue weighted by Crippen LogP contribution is -2.45. The SMILES string of the molecule is CCNC(=O)Nc1ccc(-c2nc3c(c(N4CCOC[C@@H]4C)n2)CCN(CC(C)C)C3)cc1. The van der Waals surface area contributed by atoms with E-state index in [2.05, 4.69) is 41.2 Å². The maximum atomic E-state index is 11.8. The van der Waals surface area contributed by atoms with E-state index < -0.39 is 0 Å². The molecule has 1 saturated heterocycles. The van der Waals surface area contributed by atoms with Crippen LogP contribution in [0.3, 0.4) is 0 Å². The minimum absolute atomic E-state index is 0.205. The number of morpholine rings is 1. The summed E-state index contributed by atoms with van der Waals surface area (Å²) in [5.41, 5.74) is 4.10. The molecule has 0 unspecified atom stereocenters. The van der Waals surface area contributed by atoms with Crippen LogP contribution >= 0.6 is 0 Å². The lowest BCUT2D eigenvalue weighted by atomic mass is 10.0. The van der Waals surface area contributed by atoms with Gasteiger partial charge in [0.1, 0.15) is 5.82 Å². The van der Waals surface area contributed by atoms with E-state index in [1.165, 1.54) is 5.56 Å². The van der Waals surface area contributed by atoms with Gasteiger partial charge >= 0.3 is 6.03 Å². The summed E-state index contributed by atoms with van der Waals surface area (Å²) < 4.78 is 5.68. The quantitative estimate of drug-likeness (QED) is 0.698. The first-order chi connectivity index (χ1) is 15.9. The fourth-order valence-corrected chi connectivity index (χ4v) is 4.58. The van der Waals surface area contributed by atoms with Crippen molar-refractivity contribution in [2.75, 3.05) is 49.6 Å². The molecule has 2 N–H and O–H groups in total. The van der Waals surface area contributed by atoms with E-state index in [0.29, 0.717) is 19.1 Å². The molecule has 3 heterocycles. The first-order valence-electron chi connectivity index (χ1n) is 12.1. The summed E-state index contributed by atoms with van der Waals surface area (Å²) in [7, 11) is 0. The highest BCUT2D eigenvalue weighted by Crippen LogP contribution is 2.32. The molecule has 0 aliphatic carbocycles. The Morgan fingerprint density at radius 2 is 2.00 bits per heavy atom. The minimum Gasteiger partial charge on any atom is -0.377 e. The van der Waals surface area contributed by atoms with Crippen LogP contribution in [0.2, 0.25) is 0 Å². The standard InChI is InChI=1S/C25H36N6O2/c1-5-26-25(32)27-20-8-6-19(7-9-20)23-28-22-15-30(14-17(2)3)11-10-21(22)24(29-23)31-12-13-33-16-18(31)4/h6-9,17-18H,5,10-16H2,1-4H3,(H2,26,27,32)/t18-/m0/s1. The highest BCUT2D eigenvalue weighted by molar-refractivity contribution is 5.89. The van der Waals surface area contributed by atoms with E-state index in [1.807, 2.05) is 31.2 Å². The van der Waals surface area contributed by atoms with Gasteiger partial charge in [0.2, 0.25) is 0 Å². The Morgan fingerprint density at radius 3 is 2.70 bits per heavy atom. The number of amides is 2. The van der Waals surface area contributed by atoms with Crippen LogP contribution in [-0.2, 0) is 17.7 Å². The van der Waals surface area contributed by atoms with E-state index in [4.69, 9.17) is 14.7 Å². The van der Waals surface area contributed by atoms with Crippen molar-refractivity contribution >= 4 is 17.5 Å². The lowest BCUT2D eigenvalue weighted by Gasteiger charge is -2.38. The van der Waals surface area contributed by atoms with Crippen LogP contribution in [0.15, 0.2) is 24.3 Å². The Labute approximate surface area is 196 Å².